The van der Waals surface area contributed by atoms with Crippen molar-refractivity contribution < 1.29 is 4.74 Å². The smallest absolute Gasteiger partial charge is 0.0879 e. The van der Waals surface area contributed by atoms with Crippen LogP contribution in [0.15, 0.2) is 6.20 Å². The van der Waals surface area contributed by atoms with Crippen LogP contribution >= 0.6 is 0 Å². The van der Waals surface area contributed by atoms with Crippen LogP contribution in [0.4, 0.5) is 0 Å². The molecule has 0 amide bonds. The summed E-state index contributed by atoms with van der Waals surface area (Å²) in [6, 6.07) is 0. The van der Waals surface area contributed by atoms with E-state index in [1.165, 1.54) is 17.7 Å². The number of aryl methyl sites for hydroxylation is 1. The lowest BCUT2D eigenvalue weighted by atomic mass is 9.86. The SMILES string of the molecule is CO[C@H]1c2c[nH]nc2CC[C@H]1C. The Morgan fingerprint density at radius 1 is 1.67 bits per heavy atom. The van der Waals surface area contributed by atoms with Crippen LogP contribution in [0.3, 0.4) is 0 Å². The van der Waals surface area contributed by atoms with Crippen LogP contribution < -0.4 is 0 Å². The minimum absolute atomic E-state index is 0.243. The second-order valence-electron chi connectivity index (χ2n) is 3.46. The summed E-state index contributed by atoms with van der Waals surface area (Å²) in [6.07, 6.45) is 4.46. The lowest BCUT2D eigenvalue weighted by Crippen LogP contribution is -2.18. The number of nitrogens with zero attached hydrogens (tertiary/aromatic N) is 1. The number of methoxy groups -OCH3 is 1. The van der Waals surface area contributed by atoms with E-state index in [2.05, 4.69) is 17.1 Å². The number of rotatable bonds is 1. The molecule has 3 nitrogen and oxygen atoms in total. The fourth-order valence-electron chi connectivity index (χ4n) is 1.96. The van der Waals surface area contributed by atoms with Crippen molar-refractivity contribution in [2.45, 2.75) is 25.9 Å². The molecule has 1 heterocycles. The maximum atomic E-state index is 5.43. The molecule has 2 atom stereocenters. The van der Waals surface area contributed by atoms with Crippen molar-refractivity contribution in [2.24, 2.45) is 5.92 Å². The highest BCUT2D eigenvalue weighted by atomic mass is 16.5. The van der Waals surface area contributed by atoms with E-state index in [1.54, 1.807) is 7.11 Å². The molecule has 0 saturated carbocycles. The Balaban J connectivity index is 2.34. The third-order valence-electron chi connectivity index (χ3n) is 2.67. The topological polar surface area (TPSA) is 37.9 Å². The number of ether oxygens (including phenoxy) is 1. The molecule has 0 spiro atoms. The third kappa shape index (κ3) is 1.05. The molecule has 0 aromatic carbocycles. The van der Waals surface area contributed by atoms with Crippen molar-refractivity contribution in [2.75, 3.05) is 7.11 Å². The molecule has 12 heavy (non-hydrogen) atoms. The van der Waals surface area contributed by atoms with Crippen LogP contribution in [0.25, 0.3) is 0 Å². The maximum Gasteiger partial charge on any atom is 0.0879 e. The van der Waals surface area contributed by atoms with Gasteiger partial charge in [0.25, 0.3) is 0 Å². The van der Waals surface area contributed by atoms with Gasteiger partial charge in [-0.05, 0) is 18.8 Å². The molecular weight excluding hydrogens is 152 g/mol. The van der Waals surface area contributed by atoms with Gasteiger partial charge in [-0.25, -0.2) is 0 Å². The molecule has 0 bridgehead atoms. The molecule has 0 saturated heterocycles. The lowest BCUT2D eigenvalue weighted by molar-refractivity contribution is 0.0478. The van der Waals surface area contributed by atoms with Gasteiger partial charge in [-0.3, -0.25) is 5.10 Å². The van der Waals surface area contributed by atoms with E-state index >= 15 is 0 Å². The van der Waals surface area contributed by atoms with E-state index in [1.807, 2.05) is 6.20 Å². The van der Waals surface area contributed by atoms with Crippen molar-refractivity contribution in [3.8, 4) is 0 Å². The average molecular weight is 166 g/mol. The minimum Gasteiger partial charge on any atom is -0.376 e. The predicted octanol–water partition coefficient (Wildman–Crippen LogP) is 1.68. The fraction of sp³-hybridized carbons (Fsp3) is 0.667. The molecule has 2 rings (SSSR count). The Kier molecular flexibility index (Phi) is 1.89. The first-order valence-corrected chi connectivity index (χ1v) is 4.38. The van der Waals surface area contributed by atoms with Crippen LogP contribution in [0.2, 0.25) is 0 Å². The largest absolute Gasteiger partial charge is 0.376 e. The zero-order valence-electron chi connectivity index (χ0n) is 7.50. The molecule has 66 valence electrons. The monoisotopic (exact) mass is 166 g/mol. The summed E-state index contributed by atoms with van der Waals surface area (Å²) >= 11 is 0. The highest BCUT2D eigenvalue weighted by Crippen LogP contribution is 2.34. The van der Waals surface area contributed by atoms with Crippen LogP contribution in [0.1, 0.15) is 30.7 Å². The van der Waals surface area contributed by atoms with E-state index in [9.17, 15) is 0 Å². The second-order valence-corrected chi connectivity index (χ2v) is 3.46. The zero-order chi connectivity index (χ0) is 8.55. The van der Waals surface area contributed by atoms with E-state index in [0.717, 1.165) is 6.42 Å². The molecule has 1 aliphatic carbocycles. The highest BCUT2D eigenvalue weighted by Gasteiger charge is 2.27. The van der Waals surface area contributed by atoms with Gasteiger partial charge >= 0.3 is 0 Å². The van der Waals surface area contributed by atoms with Gasteiger partial charge in [0.15, 0.2) is 0 Å². The van der Waals surface area contributed by atoms with Gasteiger partial charge < -0.3 is 4.74 Å². The summed E-state index contributed by atoms with van der Waals surface area (Å²) in [6.45, 7) is 2.23. The lowest BCUT2D eigenvalue weighted by Gasteiger charge is -2.26. The number of nitrogens with one attached hydrogen (secondary N) is 1. The van der Waals surface area contributed by atoms with Gasteiger partial charge in [0, 0.05) is 18.9 Å². The number of H-pyrrole nitrogens is 1. The van der Waals surface area contributed by atoms with Crippen molar-refractivity contribution >= 4 is 0 Å². The number of hydrogen-bond acceptors (Lipinski definition) is 2. The Morgan fingerprint density at radius 2 is 2.50 bits per heavy atom. The molecule has 0 unspecified atom stereocenters. The van der Waals surface area contributed by atoms with Gasteiger partial charge in [-0.2, -0.15) is 5.10 Å². The molecule has 1 N–H and O–H groups in total. The molecule has 3 heteroatoms. The minimum atomic E-state index is 0.243. The first kappa shape index (κ1) is 7.80. The van der Waals surface area contributed by atoms with Gasteiger partial charge in [0.05, 0.1) is 11.8 Å². The third-order valence-corrected chi connectivity index (χ3v) is 2.67. The molecule has 0 radical (unpaired) electrons. The molecular formula is C9H14N2O. The highest BCUT2D eigenvalue weighted by molar-refractivity contribution is 5.23. The van der Waals surface area contributed by atoms with Crippen LogP contribution in [-0.4, -0.2) is 17.3 Å². The standard InChI is InChI=1S/C9H14N2O/c1-6-3-4-8-7(5-10-11-8)9(6)12-2/h5-6,9H,3-4H2,1-2H3,(H,10,11)/t6-,9-/m1/s1. The molecule has 1 aromatic rings. The van der Waals surface area contributed by atoms with E-state index in [4.69, 9.17) is 4.74 Å². The average Bonchev–Trinajstić information content (AvgIpc) is 2.52. The normalized spacial score (nSPS) is 28.5. The Labute approximate surface area is 72.1 Å². The van der Waals surface area contributed by atoms with Crippen molar-refractivity contribution in [1.29, 1.82) is 0 Å². The maximum absolute atomic E-state index is 5.43. The Morgan fingerprint density at radius 3 is 3.25 bits per heavy atom. The number of aromatic amines is 1. The van der Waals surface area contributed by atoms with Gasteiger partial charge in [0.1, 0.15) is 0 Å². The first-order chi connectivity index (χ1) is 5.83. The number of aromatic nitrogens is 2. The van der Waals surface area contributed by atoms with E-state index < -0.39 is 0 Å². The summed E-state index contributed by atoms with van der Waals surface area (Å²) < 4.78 is 5.43. The van der Waals surface area contributed by atoms with Gasteiger partial charge in [-0.15, -0.1) is 0 Å². The molecule has 0 fully saturated rings. The molecule has 0 aliphatic heterocycles. The Hall–Kier alpha value is -0.830. The number of fused-ring (bicyclic) bond motifs is 1. The van der Waals surface area contributed by atoms with Crippen molar-refractivity contribution in [3.63, 3.8) is 0 Å². The second kappa shape index (κ2) is 2.90. The quantitative estimate of drug-likeness (QED) is 0.689. The van der Waals surface area contributed by atoms with Crippen LogP contribution in [0.5, 0.6) is 0 Å². The summed E-state index contributed by atoms with van der Waals surface area (Å²) in [4.78, 5) is 0. The zero-order valence-corrected chi connectivity index (χ0v) is 7.50. The predicted molar refractivity (Wildman–Crippen MR) is 45.8 cm³/mol. The summed E-state index contributed by atoms with van der Waals surface area (Å²) in [5.74, 6) is 0.611. The van der Waals surface area contributed by atoms with Crippen molar-refractivity contribution in [3.05, 3.63) is 17.5 Å². The van der Waals surface area contributed by atoms with Crippen LogP contribution in [0, 0.1) is 5.92 Å². The molecule has 1 aliphatic rings. The molecule has 1 aromatic heterocycles. The summed E-state index contributed by atoms with van der Waals surface area (Å²) in [5.41, 5.74) is 2.43. The van der Waals surface area contributed by atoms with Crippen molar-refractivity contribution in [1.82, 2.24) is 10.2 Å². The number of hydrogen-bond donors (Lipinski definition) is 1. The van der Waals surface area contributed by atoms with Crippen LogP contribution in [-0.2, 0) is 11.2 Å². The van der Waals surface area contributed by atoms with E-state index in [0.29, 0.717) is 5.92 Å². The summed E-state index contributed by atoms with van der Waals surface area (Å²) in [7, 11) is 1.77. The Bertz CT molecular complexity index is 269. The first-order valence-electron chi connectivity index (χ1n) is 4.38. The van der Waals surface area contributed by atoms with Gasteiger partial charge in [-0.1, -0.05) is 6.92 Å². The fourth-order valence-corrected chi connectivity index (χ4v) is 1.96. The van der Waals surface area contributed by atoms with Gasteiger partial charge in [0.2, 0.25) is 0 Å². The van der Waals surface area contributed by atoms with E-state index in [-0.39, 0.29) is 6.10 Å². The summed E-state index contributed by atoms with van der Waals surface area (Å²) in [5, 5.41) is 7.08.